The number of rotatable bonds is 18. The lowest BCUT2D eigenvalue weighted by Crippen LogP contribution is -2.59. The number of carbonyl (C=O) groups is 6. The topological polar surface area (TPSA) is 231 Å². The second-order valence-electron chi connectivity index (χ2n) is 14.8. The Labute approximate surface area is 332 Å². The predicted molar refractivity (Wildman–Crippen MR) is 218 cm³/mol. The van der Waals surface area contributed by atoms with Crippen LogP contribution >= 0.6 is 0 Å². The summed E-state index contributed by atoms with van der Waals surface area (Å²) in [4.78, 5) is 85.8. The van der Waals surface area contributed by atoms with E-state index >= 15 is 0 Å². The van der Waals surface area contributed by atoms with E-state index in [2.05, 4.69) is 26.3 Å². The Morgan fingerprint density at radius 2 is 1.53 bits per heavy atom. The number of primary amides is 1. The number of nitrogens with zero attached hydrogens (tertiary/aromatic N) is 1. The highest BCUT2D eigenvalue weighted by atomic mass is 16.6. The van der Waals surface area contributed by atoms with Crippen molar-refractivity contribution in [1.82, 2.24) is 25.8 Å². The molecule has 3 aromatic carbocycles. The van der Waals surface area contributed by atoms with Gasteiger partial charge in [-0.2, -0.15) is 0 Å². The number of amides is 7. The Hall–Kier alpha value is -6.22. The summed E-state index contributed by atoms with van der Waals surface area (Å²) in [5.74, 6) is -2.84. The molecule has 4 rings (SSSR count). The number of urea groups is 1. The minimum absolute atomic E-state index is 0.0230. The Morgan fingerprint density at radius 1 is 0.842 bits per heavy atom. The van der Waals surface area contributed by atoms with Crippen LogP contribution in [0.25, 0.3) is 10.9 Å². The predicted octanol–water partition coefficient (Wildman–Crippen LogP) is 4.19. The molecular formula is C42H54N8O7. The SMILES string of the molecule is Cc1ccccc1NC(=O)N(C(=O)[C@H](Cc1c[nH]c2ccccc12)NC(=O)OC(C)(C)C)[C@@H](CCCCN)C(=O)NCCC(=O)N[C@@H](Cc1ccccc1)C(N)=O. The zero-order valence-corrected chi connectivity index (χ0v) is 32.9. The molecule has 9 N–H and O–H groups in total. The molecule has 304 valence electrons. The van der Waals surface area contributed by atoms with Crippen molar-refractivity contribution in [3.8, 4) is 0 Å². The summed E-state index contributed by atoms with van der Waals surface area (Å²) in [5, 5.41) is 11.6. The number of aromatic nitrogens is 1. The molecule has 15 heteroatoms. The lowest BCUT2D eigenvalue weighted by Gasteiger charge is -2.33. The minimum atomic E-state index is -1.39. The molecular weight excluding hydrogens is 729 g/mol. The summed E-state index contributed by atoms with van der Waals surface area (Å²) in [5.41, 5.74) is 13.9. The van der Waals surface area contributed by atoms with Crippen molar-refractivity contribution in [2.75, 3.05) is 18.4 Å². The number of unbranched alkanes of at least 4 members (excludes halogenated alkanes) is 1. The minimum Gasteiger partial charge on any atom is -0.444 e. The highest BCUT2D eigenvalue weighted by Gasteiger charge is 2.39. The fraction of sp³-hybridized carbons (Fsp3) is 0.381. The van der Waals surface area contributed by atoms with Crippen LogP contribution in [0.2, 0.25) is 0 Å². The van der Waals surface area contributed by atoms with Gasteiger partial charge in [-0.05, 0) is 82.3 Å². The molecule has 0 aliphatic heterocycles. The maximum atomic E-state index is 14.9. The van der Waals surface area contributed by atoms with E-state index in [0.29, 0.717) is 36.2 Å². The van der Waals surface area contributed by atoms with Crippen molar-refractivity contribution in [3.05, 3.63) is 102 Å². The second kappa shape index (κ2) is 20.6. The van der Waals surface area contributed by atoms with Gasteiger partial charge in [-0.3, -0.25) is 19.2 Å². The number of para-hydroxylation sites is 2. The number of H-pyrrole nitrogens is 1. The number of anilines is 1. The van der Waals surface area contributed by atoms with Crippen LogP contribution in [-0.4, -0.2) is 82.5 Å². The fourth-order valence-electron chi connectivity index (χ4n) is 6.24. The first-order valence-corrected chi connectivity index (χ1v) is 19.0. The molecule has 7 amide bonds. The van der Waals surface area contributed by atoms with E-state index in [1.54, 1.807) is 58.2 Å². The highest BCUT2D eigenvalue weighted by molar-refractivity contribution is 6.07. The molecule has 57 heavy (non-hydrogen) atoms. The second-order valence-corrected chi connectivity index (χ2v) is 14.8. The molecule has 0 bridgehead atoms. The first kappa shape index (κ1) is 43.5. The number of fused-ring (bicyclic) bond motifs is 1. The zero-order valence-electron chi connectivity index (χ0n) is 32.9. The summed E-state index contributed by atoms with van der Waals surface area (Å²) in [6.45, 7) is 6.93. The van der Waals surface area contributed by atoms with Gasteiger partial charge in [-0.15, -0.1) is 0 Å². The van der Waals surface area contributed by atoms with Crippen LogP contribution < -0.4 is 32.7 Å². The van der Waals surface area contributed by atoms with Gasteiger partial charge in [0, 0.05) is 48.6 Å². The Balaban J connectivity index is 1.64. The van der Waals surface area contributed by atoms with Gasteiger partial charge in [-0.25, -0.2) is 14.5 Å². The van der Waals surface area contributed by atoms with Crippen LogP contribution in [0.4, 0.5) is 15.3 Å². The largest absolute Gasteiger partial charge is 0.444 e. The summed E-state index contributed by atoms with van der Waals surface area (Å²) < 4.78 is 5.53. The number of benzene rings is 3. The van der Waals surface area contributed by atoms with Crippen LogP contribution in [0.15, 0.2) is 85.1 Å². The van der Waals surface area contributed by atoms with E-state index in [1.165, 1.54) is 0 Å². The lowest BCUT2D eigenvalue weighted by molar-refractivity contribution is -0.138. The number of ether oxygens (including phenoxy) is 1. The highest BCUT2D eigenvalue weighted by Crippen LogP contribution is 2.23. The summed E-state index contributed by atoms with van der Waals surface area (Å²) in [6.07, 6.45) is 1.60. The summed E-state index contributed by atoms with van der Waals surface area (Å²) in [6, 6.07) is 18.8. The number of nitrogens with one attached hydrogen (secondary N) is 5. The van der Waals surface area contributed by atoms with Crippen LogP contribution in [0.1, 0.15) is 63.1 Å². The Bertz CT molecular complexity index is 2010. The maximum absolute atomic E-state index is 14.9. The molecule has 4 aromatic rings. The number of imide groups is 1. The molecule has 0 aliphatic rings. The van der Waals surface area contributed by atoms with Crippen LogP contribution in [-0.2, 0) is 36.8 Å². The van der Waals surface area contributed by atoms with Gasteiger partial charge in [0.25, 0.3) is 5.91 Å². The zero-order chi connectivity index (χ0) is 41.5. The van der Waals surface area contributed by atoms with Crippen molar-refractivity contribution < 1.29 is 33.5 Å². The standard InChI is InChI=1S/C42H54N8O7/c1-27-14-8-10-18-31(27)48-40(55)50(39(54)34(49-41(56)57-42(2,3)4)25-29-26-46-32-19-11-9-17-30(29)32)35(20-12-13-22-43)38(53)45-23-21-36(51)47-33(37(44)52)24-28-15-6-5-7-16-28/h5-11,14-19,26,33-35,46H,12-13,20-25,43H2,1-4H3,(H2,44,52)(H,45,53)(H,47,51)(H,48,55)(H,49,56)/t33-,34-,35-/m0/s1. The third-order valence-corrected chi connectivity index (χ3v) is 9.09. The average Bonchev–Trinajstić information content (AvgIpc) is 3.56. The number of alkyl carbamates (subject to hydrolysis) is 1. The van der Waals surface area contributed by atoms with E-state index in [9.17, 15) is 28.8 Å². The van der Waals surface area contributed by atoms with Gasteiger partial charge in [0.05, 0.1) is 0 Å². The maximum Gasteiger partial charge on any atom is 0.408 e. The Kier molecular flexibility index (Phi) is 15.7. The molecule has 0 fully saturated rings. The molecule has 0 saturated carbocycles. The van der Waals surface area contributed by atoms with E-state index in [1.807, 2.05) is 54.6 Å². The van der Waals surface area contributed by atoms with Gasteiger partial charge in [0.2, 0.25) is 17.7 Å². The Morgan fingerprint density at radius 3 is 2.21 bits per heavy atom. The van der Waals surface area contributed by atoms with Gasteiger partial charge < -0.3 is 42.5 Å². The first-order valence-electron chi connectivity index (χ1n) is 19.0. The normalized spacial score (nSPS) is 12.8. The average molecular weight is 783 g/mol. The van der Waals surface area contributed by atoms with Crippen LogP contribution in [0.5, 0.6) is 0 Å². The molecule has 0 aliphatic carbocycles. The number of nitrogens with two attached hydrogens (primary N) is 2. The quantitative estimate of drug-likeness (QED) is 0.0722. The number of aromatic amines is 1. The van der Waals surface area contributed by atoms with Crippen LogP contribution in [0, 0.1) is 6.92 Å². The molecule has 3 atom stereocenters. The fourth-order valence-corrected chi connectivity index (χ4v) is 6.24. The number of hydrogen-bond donors (Lipinski definition) is 7. The molecule has 0 saturated heterocycles. The smallest absolute Gasteiger partial charge is 0.408 e. The molecule has 1 aromatic heterocycles. The number of hydrogen-bond acceptors (Lipinski definition) is 8. The number of aryl methyl sites for hydroxylation is 1. The molecule has 0 unspecified atom stereocenters. The lowest BCUT2D eigenvalue weighted by atomic mass is 10.0. The van der Waals surface area contributed by atoms with Crippen molar-refractivity contribution >= 4 is 52.3 Å². The third kappa shape index (κ3) is 13.2. The third-order valence-electron chi connectivity index (χ3n) is 9.09. The summed E-state index contributed by atoms with van der Waals surface area (Å²) in [7, 11) is 0. The van der Waals surface area contributed by atoms with Gasteiger partial charge >= 0.3 is 12.1 Å². The van der Waals surface area contributed by atoms with E-state index in [4.69, 9.17) is 16.2 Å². The van der Waals surface area contributed by atoms with Gasteiger partial charge in [0.1, 0.15) is 23.7 Å². The monoisotopic (exact) mass is 782 g/mol. The van der Waals surface area contributed by atoms with E-state index in [0.717, 1.165) is 21.4 Å². The molecule has 1 heterocycles. The van der Waals surface area contributed by atoms with Crippen molar-refractivity contribution in [2.24, 2.45) is 11.5 Å². The molecule has 0 radical (unpaired) electrons. The molecule has 0 spiro atoms. The van der Waals surface area contributed by atoms with Gasteiger partial charge in [-0.1, -0.05) is 66.7 Å². The first-order chi connectivity index (χ1) is 27.2. The van der Waals surface area contributed by atoms with Crippen LogP contribution in [0.3, 0.4) is 0 Å². The van der Waals surface area contributed by atoms with Crippen molar-refractivity contribution in [1.29, 1.82) is 0 Å². The number of carbonyl (C=O) groups excluding carboxylic acids is 6. The van der Waals surface area contributed by atoms with Crippen molar-refractivity contribution in [3.63, 3.8) is 0 Å². The summed E-state index contributed by atoms with van der Waals surface area (Å²) >= 11 is 0. The van der Waals surface area contributed by atoms with Crippen molar-refractivity contribution in [2.45, 2.75) is 89.9 Å². The van der Waals surface area contributed by atoms with E-state index in [-0.39, 0.29) is 32.2 Å². The van der Waals surface area contributed by atoms with Gasteiger partial charge in [0.15, 0.2) is 0 Å². The molecule has 15 nitrogen and oxygen atoms in total. The van der Waals surface area contributed by atoms with E-state index < -0.39 is 59.5 Å².